The van der Waals surface area contributed by atoms with E-state index < -0.39 is 5.60 Å². The third kappa shape index (κ3) is 1.70. The zero-order valence-corrected chi connectivity index (χ0v) is 13.4. The molecule has 1 aromatic rings. The first-order valence-electron chi connectivity index (χ1n) is 7.63. The molecule has 1 saturated carbocycles. The van der Waals surface area contributed by atoms with Crippen LogP contribution in [0.2, 0.25) is 5.32 Å². The van der Waals surface area contributed by atoms with Crippen LogP contribution in [0.1, 0.15) is 35.2 Å². The van der Waals surface area contributed by atoms with Crippen molar-refractivity contribution < 1.29 is 5.11 Å². The molecular formula is C17H21NOSe. The molecule has 0 bridgehead atoms. The van der Waals surface area contributed by atoms with Crippen molar-refractivity contribution in [2.75, 3.05) is 0 Å². The summed E-state index contributed by atoms with van der Waals surface area (Å²) in [7, 11) is 0. The van der Waals surface area contributed by atoms with Gasteiger partial charge in [0.15, 0.2) is 0 Å². The van der Waals surface area contributed by atoms with Gasteiger partial charge in [0.25, 0.3) is 0 Å². The van der Waals surface area contributed by atoms with Gasteiger partial charge in [-0.3, -0.25) is 0 Å². The van der Waals surface area contributed by atoms with Gasteiger partial charge < -0.3 is 0 Å². The number of hydrogen-bond acceptors (Lipinski definition) is 2. The zero-order valence-electron chi connectivity index (χ0n) is 11.7. The van der Waals surface area contributed by atoms with E-state index in [2.05, 4.69) is 23.8 Å². The molecule has 1 aromatic heterocycles. The Morgan fingerprint density at radius 3 is 3.15 bits per heavy atom. The standard InChI is InChI=1S/C17H21NOSe/c1-2-12-4-6-15-14-5-3-11-9-18-8-7-13(11)16(14)20-10-17(12,15)19/h2,7-9,12,14-16,19H,1,3-6,10H2/t12-,14+,15+,16-,17+/m1/s1. The maximum atomic E-state index is 11.2. The third-order valence-corrected chi connectivity index (χ3v) is 9.09. The van der Waals surface area contributed by atoms with E-state index in [1.165, 1.54) is 18.4 Å². The first-order valence-corrected chi connectivity index (χ1v) is 9.83. The van der Waals surface area contributed by atoms with Crippen LogP contribution >= 0.6 is 0 Å². The van der Waals surface area contributed by atoms with E-state index in [9.17, 15) is 5.11 Å². The Morgan fingerprint density at radius 2 is 2.30 bits per heavy atom. The molecule has 2 fully saturated rings. The molecule has 1 aliphatic heterocycles. The van der Waals surface area contributed by atoms with Gasteiger partial charge in [-0.1, -0.05) is 0 Å². The van der Waals surface area contributed by atoms with Gasteiger partial charge in [-0.2, -0.15) is 0 Å². The van der Waals surface area contributed by atoms with Crippen molar-refractivity contribution in [1.29, 1.82) is 0 Å². The quantitative estimate of drug-likeness (QED) is 0.633. The molecule has 4 rings (SSSR count). The molecule has 2 heterocycles. The summed E-state index contributed by atoms with van der Waals surface area (Å²) >= 11 is 0.498. The van der Waals surface area contributed by atoms with Crippen molar-refractivity contribution in [1.82, 2.24) is 4.98 Å². The van der Waals surface area contributed by atoms with Gasteiger partial charge in [0.05, 0.1) is 0 Å². The first kappa shape index (κ1) is 13.1. The van der Waals surface area contributed by atoms with Crippen molar-refractivity contribution >= 4 is 15.0 Å². The average molecular weight is 334 g/mol. The van der Waals surface area contributed by atoms with E-state index in [4.69, 9.17) is 0 Å². The van der Waals surface area contributed by atoms with Gasteiger partial charge in [-0.25, -0.2) is 0 Å². The van der Waals surface area contributed by atoms with E-state index >= 15 is 0 Å². The molecule has 0 unspecified atom stereocenters. The van der Waals surface area contributed by atoms with Crippen LogP contribution in [0.25, 0.3) is 0 Å². The van der Waals surface area contributed by atoms with Gasteiger partial charge in [0, 0.05) is 0 Å². The number of nitrogens with zero attached hydrogens (tertiary/aromatic N) is 1. The Balaban J connectivity index is 1.70. The molecule has 3 heteroatoms. The minimum absolute atomic E-state index is 0.328. The zero-order chi connectivity index (χ0) is 13.7. The Bertz CT molecular complexity index is 546. The Morgan fingerprint density at radius 1 is 1.40 bits per heavy atom. The van der Waals surface area contributed by atoms with Gasteiger partial charge in [-0.15, -0.1) is 0 Å². The fourth-order valence-corrected chi connectivity index (χ4v) is 8.63. The van der Waals surface area contributed by atoms with Crippen LogP contribution in [0.5, 0.6) is 0 Å². The second-order valence-corrected chi connectivity index (χ2v) is 8.90. The Hall–Kier alpha value is -0.631. The molecule has 20 heavy (non-hydrogen) atoms. The third-order valence-electron chi connectivity index (χ3n) is 5.75. The molecule has 2 nitrogen and oxygen atoms in total. The SMILES string of the molecule is C=C[C@@H]1CC[C@H]2[C@@H]3CCc4cnccc4[C@H]3[Se]C[C@]12O. The van der Waals surface area contributed by atoms with E-state index in [1.54, 1.807) is 5.56 Å². The van der Waals surface area contributed by atoms with Crippen molar-refractivity contribution in [2.24, 2.45) is 17.8 Å². The summed E-state index contributed by atoms with van der Waals surface area (Å²) in [6, 6.07) is 2.23. The summed E-state index contributed by atoms with van der Waals surface area (Å²) in [5, 5.41) is 12.2. The van der Waals surface area contributed by atoms with Crippen LogP contribution in [-0.2, 0) is 6.42 Å². The summed E-state index contributed by atoms with van der Waals surface area (Å²) in [6.07, 6.45) is 10.7. The van der Waals surface area contributed by atoms with Gasteiger partial charge in [-0.05, 0) is 0 Å². The molecule has 2 aliphatic carbocycles. The molecule has 0 spiro atoms. The second kappa shape index (κ2) is 4.69. The van der Waals surface area contributed by atoms with Crippen molar-refractivity contribution in [3.05, 3.63) is 42.2 Å². The Kier molecular flexibility index (Phi) is 3.06. The number of hydrogen-bond donors (Lipinski definition) is 1. The fourth-order valence-electron chi connectivity index (χ4n) is 4.73. The van der Waals surface area contributed by atoms with Gasteiger partial charge in [0.2, 0.25) is 0 Å². The number of fused-ring (bicyclic) bond motifs is 5. The van der Waals surface area contributed by atoms with Crippen molar-refractivity contribution in [3.63, 3.8) is 0 Å². The van der Waals surface area contributed by atoms with Crippen LogP contribution in [0.4, 0.5) is 0 Å². The molecule has 1 saturated heterocycles. The average Bonchev–Trinajstić information content (AvgIpc) is 2.83. The molecule has 0 aromatic carbocycles. The molecule has 0 radical (unpaired) electrons. The molecule has 5 atom stereocenters. The summed E-state index contributed by atoms with van der Waals surface area (Å²) in [4.78, 5) is 5.00. The molecule has 3 aliphatic rings. The van der Waals surface area contributed by atoms with Crippen molar-refractivity contribution in [3.8, 4) is 0 Å². The van der Waals surface area contributed by atoms with Gasteiger partial charge >= 0.3 is 126 Å². The number of aryl methyl sites for hydroxylation is 1. The second-order valence-electron chi connectivity index (χ2n) is 6.53. The minimum atomic E-state index is -0.437. The van der Waals surface area contributed by atoms with E-state index in [0.29, 0.717) is 37.5 Å². The van der Waals surface area contributed by atoms with Gasteiger partial charge in [0.1, 0.15) is 0 Å². The summed E-state index contributed by atoms with van der Waals surface area (Å²) in [5.74, 6) is 1.51. The van der Waals surface area contributed by atoms with Crippen LogP contribution in [0.3, 0.4) is 0 Å². The number of pyridine rings is 1. The van der Waals surface area contributed by atoms with E-state index in [0.717, 1.165) is 18.2 Å². The predicted octanol–water partition coefficient (Wildman–Crippen LogP) is 2.76. The monoisotopic (exact) mass is 335 g/mol. The molecule has 0 amide bonds. The van der Waals surface area contributed by atoms with Crippen LogP contribution in [0.15, 0.2) is 31.1 Å². The number of aromatic nitrogens is 1. The van der Waals surface area contributed by atoms with Crippen molar-refractivity contribution in [2.45, 2.75) is 41.4 Å². The van der Waals surface area contributed by atoms with E-state index in [-0.39, 0.29) is 0 Å². The van der Waals surface area contributed by atoms with Crippen LogP contribution < -0.4 is 0 Å². The number of rotatable bonds is 1. The summed E-state index contributed by atoms with van der Waals surface area (Å²) < 4.78 is 0. The predicted molar refractivity (Wildman–Crippen MR) is 80.7 cm³/mol. The summed E-state index contributed by atoms with van der Waals surface area (Å²) in [5.41, 5.74) is 2.56. The Labute approximate surface area is 126 Å². The molecule has 106 valence electrons. The summed E-state index contributed by atoms with van der Waals surface area (Å²) in [6.45, 7) is 3.96. The number of aliphatic hydroxyl groups is 1. The maximum absolute atomic E-state index is 11.2. The fraction of sp³-hybridized carbons (Fsp3) is 0.588. The van der Waals surface area contributed by atoms with Crippen LogP contribution in [0, 0.1) is 17.8 Å². The topological polar surface area (TPSA) is 33.1 Å². The van der Waals surface area contributed by atoms with E-state index in [1.807, 2.05) is 12.3 Å². The molecular weight excluding hydrogens is 313 g/mol. The van der Waals surface area contributed by atoms with Crippen LogP contribution in [-0.4, -0.2) is 30.6 Å². The molecule has 1 N–H and O–H groups in total. The first-order chi connectivity index (χ1) is 9.74. The normalized spacial score (nSPS) is 42.5.